The molecule has 0 spiro atoms. The summed E-state index contributed by atoms with van der Waals surface area (Å²) < 4.78 is 15.8. The predicted octanol–water partition coefficient (Wildman–Crippen LogP) is 2.83. The van der Waals surface area contributed by atoms with Gasteiger partial charge in [-0.15, -0.1) is 0 Å². The molecular formula is C14H18ClFN4. The van der Waals surface area contributed by atoms with E-state index < -0.39 is 5.82 Å². The minimum atomic E-state index is -0.393. The van der Waals surface area contributed by atoms with E-state index in [2.05, 4.69) is 17.4 Å². The molecule has 108 valence electrons. The first-order valence-corrected chi connectivity index (χ1v) is 6.94. The monoisotopic (exact) mass is 296 g/mol. The number of rotatable bonds is 6. The molecule has 0 fully saturated rings. The van der Waals surface area contributed by atoms with E-state index in [9.17, 15) is 4.39 Å². The van der Waals surface area contributed by atoms with Crippen LogP contribution in [0, 0.1) is 5.82 Å². The number of hydrazine groups is 1. The lowest BCUT2D eigenvalue weighted by Gasteiger charge is -2.15. The maximum atomic E-state index is 13.9. The molecule has 0 saturated carbocycles. The van der Waals surface area contributed by atoms with Gasteiger partial charge in [-0.3, -0.25) is 16.0 Å². The first-order chi connectivity index (χ1) is 9.65. The molecule has 0 amide bonds. The molecule has 1 aromatic carbocycles. The van der Waals surface area contributed by atoms with Gasteiger partial charge < -0.3 is 0 Å². The number of hydrogen-bond donors (Lipinski definition) is 2. The summed E-state index contributed by atoms with van der Waals surface area (Å²) >= 11 is 5.79. The fourth-order valence-electron chi connectivity index (χ4n) is 2.11. The summed E-state index contributed by atoms with van der Waals surface area (Å²) in [5, 5.41) is 4.38. The van der Waals surface area contributed by atoms with Gasteiger partial charge in [0.15, 0.2) is 0 Å². The lowest BCUT2D eigenvalue weighted by molar-refractivity contribution is 0.527. The van der Waals surface area contributed by atoms with E-state index in [-0.39, 0.29) is 11.1 Å². The number of benzene rings is 1. The smallest absolute Gasteiger partial charge is 0.145 e. The van der Waals surface area contributed by atoms with E-state index in [1.807, 2.05) is 10.9 Å². The van der Waals surface area contributed by atoms with Gasteiger partial charge in [-0.05, 0) is 24.5 Å². The zero-order chi connectivity index (χ0) is 14.5. The average molecular weight is 297 g/mol. The Morgan fingerprint density at radius 1 is 1.50 bits per heavy atom. The molecule has 1 aromatic heterocycles. The van der Waals surface area contributed by atoms with E-state index in [1.54, 1.807) is 18.3 Å². The Bertz CT molecular complexity index is 570. The first kappa shape index (κ1) is 15.0. The summed E-state index contributed by atoms with van der Waals surface area (Å²) in [5.74, 6) is 5.19. The van der Waals surface area contributed by atoms with Crippen molar-refractivity contribution in [1.82, 2.24) is 15.2 Å². The normalized spacial score (nSPS) is 12.6. The molecule has 0 aliphatic heterocycles. The van der Waals surface area contributed by atoms with E-state index in [0.29, 0.717) is 12.0 Å². The Kier molecular flexibility index (Phi) is 5.11. The van der Waals surface area contributed by atoms with Crippen molar-refractivity contribution >= 4 is 11.6 Å². The van der Waals surface area contributed by atoms with Crippen LogP contribution in [0.5, 0.6) is 0 Å². The van der Waals surface area contributed by atoms with Gasteiger partial charge in [-0.2, -0.15) is 5.10 Å². The molecule has 1 unspecified atom stereocenters. The number of hydrogen-bond acceptors (Lipinski definition) is 3. The first-order valence-electron chi connectivity index (χ1n) is 6.57. The maximum Gasteiger partial charge on any atom is 0.145 e. The van der Waals surface area contributed by atoms with Crippen LogP contribution < -0.4 is 11.3 Å². The van der Waals surface area contributed by atoms with Gasteiger partial charge in [-0.1, -0.05) is 30.7 Å². The third-order valence-corrected chi connectivity index (χ3v) is 3.46. The highest BCUT2D eigenvalue weighted by atomic mass is 35.5. The van der Waals surface area contributed by atoms with Crippen molar-refractivity contribution in [2.45, 2.75) is 32.4 Å². The molecule has 4 nitrogen and oxygen atoms in total. The Morgan fingerprint density at radius 3 is 3.00 bits per heavy atom. The zero-order valence-electron chi connectivity index (χ0n) is 11.3. The van der Waals surface area contributed by atoms with Crippen molar-refractivity contribution < 1.29 is 4.39 Å². The van der Waals surface area contributed by atoms with Crippen LogP contribution in [0.2, 0.25) is 5.02 Å². The van der Waals surface area contributed by atoms with Crippen LogP contribution in [-0.4, -0.2) is 9.78 Å². The summed E-state index contributed by atoms with van der Waals surface area (Å²) in [6, 6.07) is 4.77. The molecule has 0 aliphatic rings. The van der Waals surface area contributed by atoms with Crippen LogP contribution in [0.4, 0.5) is 4.39 Å². The molecule has 6 heteroatoms. The van der Waals surface area contributed by atoms with Crippen molar-refractivity contribution in [1.29, 1.82) is 0 Å². The molecule has 20 heavy (non-hydrogen) atoms. The molecule has 2 rings (SSSR count). The minimum absolute atomic E-state index is 0.125. The molecule has 0 bridgehead atoms. The zero-order valence-corrected chi connectivity index (χ0v) is 12.1. The predicted molar refractivity (Wildman–Crippen MR) is 77.7 cm³/mol. The number of halogens is 2. The minimum Gasteiger partial charge on any atom is -0.272 e. The second-order valence-corrected chi connectivity index (χ2v) is 5.08. The van der Waals surface area contributed by atoms with Gasteiger partial charge in [0.25, 0.3) is 0 Å². The van der Waals surface area contributed by atoms with Crippen molar-refractivity contribution in [3.8, 4) is 0 Å². The third kappa shape index (κ3) is 3.36. The van der Waals surface area contributed by atoms with Crippen molar-refractivity contribution in [2.75, 3.05) is 0 Å². The van der Waals surface area contributed by atoms with E-state index in [0.717, 1.165) is 18.5 Å². The number of aryl methyl sites for hydroxylation is 1. The molecule has 0 radical (unpaired) electrons. The van der Waals surface area contributed by atoms with E-state index in [4.69, 9.17) is 17.4 Å². The summed E-state index contributed by atoms with van der Waals surface area (Å²) in [6.45, 7) is 2.93. The molecule has 2 aromatic rings. The highest BCUT2D eigenvalue weighted by molar-refractivity contribution is 6.30. The molecule has 0 aliphatic carbocycles. The van der Waals surface area contributed by atoms with Crippen LogP contribution in [0.15, 0.2) is 30.6 Å². The fraction of sp³-hybridized carbons (Fsp3) is 0.357. The van der Waals surface area contributed by atoms with E-state index in [1.165, 1.54) is 6.07 Å². The summed E-state index contributed by atoms with van der Waals surface area (Å²) in [6.07, 6.45) is 5.10. The number of nitrogens with one attached hydrogen (secondary N) is 1. The van der Waals surface area contributed by atoms with Gasteiger partial charge in [0.05, 0.1) is 17.3 Å². The van der Waals surface area contributed by atoms with Crippen LogP contribution in [0.3, 0.4) is 0 Å². The lowest BCUT2D eigenvalue weighted by atomic mass is 10.0. The summed E-state index contributed by atoms with van der Waals surface area (Å²) in [7, 11) is 0. The van der Waals surface area contributed by atoms with Gasteiger partial charge in [-0.25, -0.2) is 4.39 Å². The van der Waals surface area contributed by atoms with Crippen LogP contribution in [0.25, 0.3) is 0 Å². The third-order valence-electron chi connectivity index (χ3n) is 3.17. The lowest BCUT2D eigenvalue weighted by Crippen LogP contribution is -2.29. The number of aromatic nitrogens is 2. The molecular weight excluding hydrogens is 279 g/mol. The standard InChI is InChI=1S/C14H18ClFN4/c1-2-6-20-9-11(8-18-20)13(19-17)7-10-4-3-5-12(15)14(10)16/h3-5,8-9,13,19H,2,6-7,17H2,1H3. The van der Waals surface area contributed by atoms with Crippen LogP contribution in [-0.2, 0) is 13.0 Å². The topological polar surface area (TPSA) is 55.9 Å². The van der Waals surface area contributed by atoms with Gasteiger partial charge in [0.1, 0.15) is 5.82 Å². The summed E-state index contributed by atoms with van der Waals surface area (Å²) in [4.78, 5) is 0. The maximum absolute atomic E-state index is 13.9. The van der Waals surface area contributed by atoms with Crippen LogP contribution >= 0.6 is 11.6 Å². The quantitative estimate of drug-likeness (QED) is 0.636. The van der Waals surface area contributed by atoms with Gasteiger partial charge in [0.2, 0.25) is 0 Å². The second-order valence-electron chi connectivity index (χ2n) is 4.67. The average Bonchev–Trinajstić information content (AvgIpc) is 2.89. The van der Waals surface area contributed by atoms with Gasteiger partial charge in [0, 0.05) is 18.3 Å². The highest BCUT2D eigenvalue weighted by Crippen LogP contribution is 2.23. The largest absolute Gasteiger partial charge is 0.272 e. The number of nitrogens with zero attached hydrogens (tertiary/aromatic N) is 2. The molecule has 0 saturated heterocycles. The Hall–Kier alpha value is -1.43. The summed E-state index contributed by atoms with van der Waals surface area (Å²) in [5.41, 5.74) is 4.17. The SMILES string of the molecule is CCCn1cc(C(Cc2cccc(Cl)c2F)NN)cn1. The molecule has 1 atom stereocenters. The highest BCUT2D eigenvalue weighted by Gasteiger charge is 2.16. The Labute approximate surface area is 122 Å². The fourth-order valence-corrected chi connectivity index (χ4v) is 2.30. The van der Waals surface area contributed by atoms with Crippen molar-refractivity contribution in [3.05, 3.63) is 52.6 Å². The number of nitrogens with two attached hydrogens (primary N) is 1. The van der Waals surface area contributed by atoms with Crippen molar-refractivity contribution in [2.24, 2.45) is 5.84 Å². The van der Waals surface area contributed by atoms with Crippen molar-refractivity contribution in [3.63, 3.8) is 0 Å². The Balaban J connectivity index is 2.17. The molecule has 3 N–H and O–H groups in total. The second kappa shape index (κ2) is 6.83. The van der Waals surface area contributed by atoms with E-state index >= 15 is 0 Å². The molecule has 1 heterocycles. The van der Waals surface area contributed by atoms with Gasteiger partial charge >= 0.3 is 0 Å². The van der Waals surface area contributed by atoms with Crippen LogP contribution in [0.1, 0.15) is 30.5 Å². The Morgan fingerprint density at radius 2 is 2.30 bits per heavy atom.